The Balaban J connectivity index is 1.29. The molecule has 0 saturated heterocycles. The monoisotopic (exact) mass is 575 g/mol. The molecule has 10 aromatic rings. The average Bonchev–Trinajstić information content (AvgIpc) is 3.76. The van der Waals surface area contributed by atoms with E-state index in [1.807, 2.05) is 18.2 Å². The largest absolute Gasteiger partial charge is 0.438 e. The van der Waals surface area contributed by atoms with Crippen LogP contribution < -0.4 is 0 Å². The van der Waals surface area contributed by atoms with E-state index in [2.05, 4.69) is 143 Å². The molecule has 0 radical (unpaired) electrons. The molecule has 6 aromatic carbocycles. The van der Waals surface area contributed by atoms with E-state index in [-0.39, 0.29) is 0 Å². The summed E-state index contributed by atoms with van der Waals surface area (Å²) in [4.78, 5) is 5.09. The molecule has 0 atom stereocenters. The number of fused-ring (bicyclic) bond motifs is 10. The SMILES string of the molecule is c1ccc(-c2ccc(-n3c4ccccc4c4ccc5c(c6ccccc6n5-c5ccc6c(n5)oc5ccccc56)c43)cc2)cc1. The summed E-state index contributed by atoms with van der Waals surface area (Å²) >= 11 is 0. The summed E-state index contributed by atoms with van der Waals surface area (Å²) in [6.07, 6.45) is 0. The molecule has 0 amide bonds. The zero-order valence-corrected chi connectivity index (χ0v) is 24.2. The summed E-state index contributed by atoms with van der Waals surface area (Å²) in [7, 11) is 0. The predicted octanol–water partition coefficient (Wildman–Crippen LogP) is 10.8. The maximum Gasteiger partial charge on any atom is 0.229 e. The highest BCUT2D eigenvalue weighted by atomic mass is 16.3. The van der Waals surface area contributed by atoms with Gasteiger partial charge in [0.05, 0.1) is 22.1 Å². The number of para-hydroxylation sites is 3. The summed E-state index contributed by atoms with van der Waals surface area (Å²) in [5, 5.41) is 6.97. The number of hydrogen-bond donors (Lipinski definition) is 0. The highest BCUT2D eigenvalue weighted by molar-refractivity contribution is 6.26. The van der Waals surface area contributed by atoms with Crippen molar-refractivity contribution in [2.75, 3.05) is 0 Å². The third kappa shape index (κ3) is 3.45. The van der Waals surface area contributed by atoms with E-state index in [0.29, 0.717) is 5.71 Å². The van der Waals surface area contributed by atoms with Crippen molar-refractivity contribution in [3.8, 4) is 22.6 Å². The Morgan fingerprint density at radius 3 is 1.89 bits per heavy atom. The molecule has 0 saturated carbocycles. The second-order valence-electron chi connectivity index (χ2n) is 11.6. The molecule has 10 rings (SSSR count). The molecule has 0 aliphatic carbocycles. The standard InChI is InChI=1S/C41H25N3O/c1-2-10-26(11-3-1)27-18-20-28(21-19-27)43-34-15-7-4-12-29(34)31-22-24-36-39(40(31)43)33-14-5-8-16-35(33)44(36)38-25-23-32-30-13-6-9-17-37(30)45-41(32)42-38/h1-25H. The van der Waals surface area contributed by atoms with Gasteiger partial charge in [-0.15, -0.1) is 0 Å². The van der Waals surface area contributed by atoms with Crippen LogP contribution in [0.15, 0.2) is 156 Å². The summed E-state index contributed by atoms with van der Waals surface area (Å²) in [5.41, 5.74) is 9.65. The molecule has 0 bridgehead atoms. The molecule has 4 heteroatoms. The summed E-state index contributed by atoms with van der Waals surface area (Å²) in [6, 6.07) is 53.7. The van der Waals surface area contributed by atoms with Gasteiger partial charge in [0.1, 0.15) is 11.4 Å². The van der Waals surface area contributed by atoms with Crippen LogP contribution in [0.5, 0.6) is 0 Å². The van der Waals surface area contributed by atoms with Crippen LogP contribution in [0.25, 0.3) is 88.3 Å². The molecule has 0 spiro atoms. The minimum atomic E-state index is 0.647. The Hall–Kier alpha value is -6.13. The van der Waals surface area contributed by atoms with Gasteiger partial charge in [-0.3, -0.25) is 4.57 Å². The Bertz CT molecular complexity index is 2750. The molecule has 0 aliphatic rings. The van der Waals surface area contributed by atoms with E-state index in [1.165, 1.54) is 43.7 Å². The molecule has 4 aromatic heterocycles. The average molecular weight is 576 g/mol. The maximum atomic E-state index is 6.22. The first-order chi connectivity index (χ1) is 22.3. The van der Waals surface area contributed by atoms with Gasteiger partial charge in [-0.1, -0.05) is 103 Å². The van der Waals surface area contributed by atoms with Crippen molar-refractivity contribution in [2.24, 2.45) is 0 Å². The van der Waals surface area contributed by atoms with Gasteiger partial charge in [0, 0.05) is 38.0 Å². The second kappa shape index (κ2) is 9.18. The molecule has 4 nitrogen and oxygen atoms in total. The summed E-state index contributed by atoms with van der Waals surface area (Å²) in [6.45, 7) is 0. The van der Waals surface area contributed by atoms with Crippen LogP contribution in [0, 0.1) is 0 Å². The van der Waals surface area contributed by atoms with Crippen molar-refractivity contribution in [1.82, 2.24) is 14.1 Å². The van der Waals surface area contributed by atoms with Crippen molar-refractivity contribution < 1.29 is 4.42 Å². The highest BCUT2D eigenvalue weighted by Crippen LogP contribution is 2.42. The fraction of sp³-hybridized carbons (Fsp3) is 0. The first kappa shape index (κ1) is 24.3. The predicted molar refractivity (Wildman–Crippen MR) is 186 cm³/mol. The van der Waals surface area contributed by atoms with Gasteiger partial charge in [-0.2, -0.15) is 4.98 Å². The van der Waals surface area contributed by atoms with Gasteiger partial charge < -0.3 is 8.98 Å². The lowest BCUT2D eigenvalue weighted by Crippen LogP contribution is -1.97. The normalized spacial score (nSPS) is 12.0. The lowest BCUT2D eigenvalue weighted by Gasteiger charge is -2.11. The van der Waals surface area contributed by atoms with Crippen LogP contribution >= 0.6 is 0 Å². The van der Waals surface area contributed by atoms with Crippen molar-refractivity contribution in [2.45, 2.75) is 0 Å². The molecule has 0 unspecified atom stereocenters. The third-order valence-corrected chi connectivity index (χ3v) is 9.16. The smallest absolute Gasteiger partial charge is 0.229 e. The van der Waals surface area contributed by atoms with Crippen molar-refractivity contribution >= 4 is 65.7 Å². The van der Waals surface area contributed by atoms with Crippen LogP contribution in [-0.4, -0.2) is 14.1 Å². The second-order valence-corrected chi connectivity index (χ2v) is 11.6. The third-order valence-electron chi connectivity index (χ3n) is 9.16. The van der Waals surface area contributed by atoms with E-state index >= 15 is 0 Å². The number of benzene rings is 6. The number of aromatic nitrogens is 3. The minimum absolute atomic E-state index is 0.647. The Morgan fingerprint density at radius 1 is 0.422 bits per heavy atom. The Morgan fingerprint density at radius 2 is 1.07 bits per heavy atom. The molecule has 0 N–H and O–H groups in total. The molecular weight excluding hydrogens is 550 g/mol. The first-order valence-electron chi connectivity index (χ1n) is 15.2. The quantitative estimate of drug-likeness (QED) is 0.210. The summed E-state index contributed by atoms with van der Waals surface area (Å²) < 4.78 is 10.9. The van der Waals surface area contributed by atoms with Gasteiger partial charge in [-0.25, -0.2) is 0 Å². The Labute approximate surface area is 258 Å². The number of furan rings is 1. The van der Waals surface area contributed by atoms with E-state index in [4.69, 9.17) is 9.40 Å². The lowest BCUT2D eigenvalue weighted by atomic mass is 10.1. The fourth-order valence-electron chi connectivity index (χ4n) is 7.18. The molecule has 0 fully saturated rings. The topological polar surface area (TPSA) is 35.9 Å². The summed E-state index contributed by atoms with van der Waals surface area (Å²) in [5.74, 6) is 0.835. The minimum Gasteiger partial charge on any atom is -0.438 e. The van der Waals surface area contributed by atoms with Crippen molar-refractivity contribution in [3.05, 3.63) is 152 Å². The van der Waals surface area contributed by atoms with Gasteiger partial charge in [0.2, 0.25) is 5.71 Å². The lowest BCUT2D eigenvalue weighted by molar-refractivity contribution is 0.653. The van der Waals surface area contributed by atoms with Crippen LogP contribution in [0.4, 0.5) is 0 Å². The molecular formula is C41H25N3O. The van der Waals surface area contributed by atoms with Crippen molar-refractivity contribution in [3.63, 3.8) is 0 Å². The van der Waals surface area contributed by atoms with Crippen LogP contribution in [-0.2, 0) is 0 Å². The van der Waals surface area contributed by atoms with E-state index in [9.17, 15) is 0 Å². The van der Waals surface area contributed by atoms with E-state index in [1.54, 1.807) is 0 Å². The number of hydrogen-bond acceptors (Lipinski definition) is 2. The number of nitrogens with zero attached hydrogens (tertiary/aromatic N) is 3. The van der Waals surface area contributed by atoms with Gasteiger partial charge in [0.25, 0.3) is 0 Å². The van der Waals surface area contributed by atoms with Crippen LogP contribution in [0.3, 0.4) is 0 Å². The molecule has 0 aliphatic heterocycles. The fourth-order valence-corrected chi connectivity index (χ4v) is 7.18. The van der Waals surface area contributed by atoms with Crippen molar-refractivity contribution in [1.29, 1.82) is 0 Å². The first-order valence-corrected chi connectivity index (χ1v) is 15.2. The van der Waals surface area contributed by atoms with Gasteiger partial charge >= 0.3 is 0 Å². The number of rotatable bonds is 3. The molecule has 45 heavy (non-hydrogen) atoms. The van der Waals surface area contributed by atoms with Gasteiger partial charge in [0.15, 0.2) is 0 Å². The van der Waals surface area contributed by atoms with Gasteiger partial charge in [-0.05, 0) is 59.7 Å². The van der Waals surface area contributed by atoms with Crippen LogP contribution in [0.1, 0.15) is 0 Å². The van der Waals surface area contributed by atoms with E-state index < -0.39 is 0 Å². The molecule has 210 valence electrons. The zero-order chi connectivity index (χ0) is 29.5. The number of pyridine rings is 1. The molecule has 4 heterocycles. The highest BCUT2D eigenvalue weighted by Gasteiger charge is 2.21. The Kier molecular flexibility index (Phi) is 4.96. The zero-order valence-electron chi connectivity index (χ0n) is 24.2. The van der Waals surface area contributed by atoms with Crippen LogP contribution in [0.2, 0.25) is 0 Å². The van der Waals surface area contributed by atoms with E-state index in [0.717, 1.165) is 38.9 Å². The maximum absolute atomic E-state index is 6.22.